The van der Waals surface area contributed by atoms with Crippen LogP contribution in [0.2, 0.25) is 0 Å². The summed E-state index contributed by atoms with van der Waals surface area (Å²) in [5.41, 5.74) is 1.64. The molecule has 0 aliphatic heterocycles. The summed E-state index contributed by atoms with van der Waals surface area (Å²) in [7, 11) is 0. The predicted molar refractivity (Wildman–Crippen MR) is 106 cm³/mol. The number of aryl methyl sites for hydroxylation is 1. The summed E-state index contributed by atoms with van der Waals surface area (Å²) in [4.78, 5) is 41.4. The molecule has 0 atom stereocenters. The summed E-state index contributed by atoms with van der Waals surface area (Å²) in [5, 5.41) is 4.47. The van der Waals surface area contributed by atoms with Gasteiger partial charge in [-0.3, -0.25) is 14.0 Å². The first-order valence-electron chi connectivity index (χ1n) is 8.60. The van der Waals surface area contributed by atoms with Crippen LogP contribution >= 0.6 is 11.3 Å². The number of amides is 1. The van der Waals surface area contributed by atoms with E-state index in [0.29, 0.717) is 16.3 Å². The topological polar surface area (TPSA) is 103 Å². The van der Waals surface area contributed by atoms with Crippen LogP contribution < -0.4 is 10.9 Å². The molecule has 4 rings (SSSR count). The second-order valence-corrected chi connectivity index (χ2v) is 7.05. The zero-order chi connectivity index (χ0) is 20.4. The summed E-state index contributed by atoms with van der Waals surface area (Å²) < 4.78 is 11.8. The van der Waals surface area contributed by atoms with Crippen molar-refractivity contribution in [3.63, 3.8) is 0 Å². The Bertz CT molecular complexity index is 1260. The van der Waals surface area contributed by atoms with Crippen molar-refractivity contribution in [2.45, 2.75) is 13.5 Å². The van der Waals surface area contributed by atoms with Gasteiger partial charge in [-0.25, -0.2) is 9.78 Å². The first kappa shape index (κ1) is 18.6. The zero-order valence-corrected chi connectivity index (χ0v) is 16.1. The van der Waals surface area contributed by atoms with Crippen LogP contribution in [0.1, 0.15) is 32.2 Å². The van der Waals surface area contributed by atoms with Crippen LogP contribution in [0, 0.1) is 6.92 Å². The summed E-state index contributed by atoms with van der Waals surface area (Å²) >= 11 is 1.32. The zero-order valence-electron chi connectivity index (χ0n) is 15.2. The van der Waals surface area contributed by atoms with Gasteiger partial charge in [-0.05, 0) is 36.8 Å². The van der Waals surface area contributed by atoms with E-state index in [0.717, 1.165) is 5.56 Å². The molecule has 1 amide bonds. The predicted octanol–water partition coefficient (Wildman–Crippen LogP) is 3.27. The van der Waals surface area contributed by atoms with E-state index in [1.165, 1.54) is 34.1 Å². The number of furan rings is 1. The molecule has 0 aliphatic rings. The lowest BCUT2D eigenvalue weighted by molar-refractivity contribution is 0.0467. The normalized spacial score (nSPS) is 10.8. The molecular weight excluding hydrogens is 394 g/mol. The maximum absolute atomic E-state index is 12.4. The number of rotatable bonds is 5. The van der Waals surface area contributed by atoms with Crippen LogP contribution in [-0.2, 0) is 11.3 Å². The summed E-state index contributed by atoms with van der Waals surface area (Å²) in [5.74, 6) is -0.845. The van der Waals surface area contributed by atoms with E-state index in [1.54, 1.807) is 42.8 Å². The first-order valence-corrected chi connectivity index (χ1v) is 9.47. The molecule has 1 aromatic carbocycles. The summed E-state index contributed by atoms with van der Waals surface area (Å²) in [6, 6.07) is 9.33. The number of esters is 1. The van der Waals surface area contributed by atoms with E-state index >= 15 is 0 Å². The summed E-state index contributed by atoms with van der Waals surface area (Å²) in [6.45, 7) is 1.67. The Balaban J connectivity index is 1.48. The Morgan fingerprint density at radius 2 is 2.14 bits per heavy atom. The number of aromatic nitrogens is 2. The number of anilines is 1. The van der Waals surface area contributed by atoms with Gasteiger partial charge in [0.25, 0.3) is 11.5 Å². The van der Waals surface area contributed by atoms with E-state index in [-0.39, 0.29) is 23.5 Å². The fraction of sp³-hybridized carbons (Fsp3) is 0.100. The van der Waals surface area contributed by atoms with Crippen LogP contribution in [-0.4, -0.2) is 21.3 Å². The fourth-order valence-electron chi connectivity index (χ4n) is 2.66. The Hall–Kier alpha value is -3.72. The minimum atomic E-state index is -0.591. The highest BCUT2D eigenvalue weighted by atomic mass is 32.1. The van der Waals surface area contributed by atoms with E-state index in [1.807, 2.05) is 0 Å². The fourth-order valence-corrected chi connectivity index (χ4v) is 3.40. The van der Waals surface area contributed by atoms with Gasteiger partial charge in [0, 0.05) is 23.3 Å². The van der Waals surface area contributed by atoms with Crippen LogP contribution in [0.3, 0.4) is 0 Å². The molecule has 9 heteroatoms. The second-order valence-electron chi connectivity index (χ2n) is 6.18. The van der Waals surface area contributed by atoms with Crippen molar-refractivity contribution < 1.29 is 18.7 Å². The maximum atomic E-state index is 12.4. The van der Waals surface area contributed by atoms with Gasteiger partial charge in [-0.2, -0.15) is 0 Å². The minimum Gasteiger partial charge on any atom is -0.459 e. The standard InChI is InChI=1S/C20H15N3O5S/c1-12-4-5-13(9-15(12)22-18(25)16-3-2-7-27-16)19(26)28-11-14-10-17(24)23-6-8-29-20(23)21-14/h2-10H,11H2,1H3,(H,22,25). The van der Waals surface area contributed by atoms with Crippen molar-refractivity contribution in [2.24, 2.45) is 0 Å². The number of ether oxygens (including phenoxy) is 1. The lowest BCUT2D eigenvalue weighted by atomic mass is 10.1. The molecule has 0 aliphatic carbocycles. The van der Waals surface area contributed by atoms with Crippen molar-refractivity contribution in [1.82, 2.24) is 9.38 Å². The van der Waals surface area contributed by atoms with Gasteiger partial charge in [0.15, 0.2) is 10.7 Å². The Kier molecular flexibility index (Phi) is 4.96. The highest BCUT2D eigenvalue weighted by molar-refractivity contribution is 7.15. The number of thiazole rings is 1. The van der Waals surface area contributed by atoms with Gasteiger partial charge >= 0.3 is 5.97 Å². The van der Waals surface area contributed by atoms with Crippen molar-refractivity contribution in [2.75, 3.05) is 5.32 Å². The van der Waals surface area contributed by atoms with E-state index in [4.69, 9.17) is 9.15 Å². The van der Waals surface area contributed by atoms with Crippen molar-refractivity contribution >= 4 is 33.9 Å². The Morgan fingerprint density at radius 1 is 1.28 bits per heavy atom. The average Bonchev–Trinajstić information content (AvgIpc) is 3.40. The van der Waals surface area contributed by atoms with E-state index < -0.39 is 11.9 Å². The average molecular weight is 409 g/mol. The van der Waals surface area contributed by atoms with Gasteiger partial charge in [-0.15, -0.1) is 11.3 Å². The molecular formula is C20H15N3O5S. The van der Waals surface area contributed by atoms with Gasteiger partial charge in [-0.1, -0.05) is 6.07 Å². The molecule has 1 N–H and O–H groups in total. The Morgan fingerprint density at radius 3 is 2.93 bits per heavy atom. The lowest BCUT2D eigenvalue weighted by Gasteiger charge is -2.10. The molecule has 8 nitrogen and oxygen atoms in total. The molecule has 29 heavy (non-hydrogen) atoms. The number of fused-ring (bicyclic) bond motifs is 1. The molecule has 3 aromatic heterocycles. The van der Waals surface area contributed by atoms with Crippen LogP contribution in [0.5, 0.6) is 0 Å². The SMILES string of the molecule is Cc1ccc(C(=O)OCc2cc(=O)n3ccsc3n2)cc1NC(=O)c1ccco1. The molecule has 0 bridgehead atoms. The number of nitrogens with zero attached hydrogens (tertiary/aromatic N) is 2. The third-order valence-electron chi connectivity index (χ3n) is 4.17. The third-order valence-corrected chi connectivity index (χ3v) is 4.93. The molecule has 3 heterocycles. The van der Waals surface area contributed by atoms with Gasteiger partial charge < -0.3 is 14.5 Å². The van der Waals surface area contributed by atoms with Gasteiger partial charge in [0.05, 0.1) is 17.5 Å². The molecule has 4 aromatic rings. The number of benzene rings is 1. The van der Waals surface area contributed by atoms with E-state index in [9.17, 15) is 14.4 Å². The molecule has 0 fully saturated rings. The van der Waals surface area contributed by atoms with Crippen molar-refractivity contribution in [1.29, 1.82) is 0 Å². The molecule has 0 radical (unpaired) electrons. The van der Waals surface area contributed by atoms with Gasteiger partial charge in [0.1, 0.15) is 6.61 Å². The molecule has 0 spiro atoms. The molecule has 146 valence electrons. The Labute approximate surface area is 168 Å². The van der Waals surface area contributed by atoms with Crippen LogP contribution in [0.15, 0.2) is 63.4 Å². The minimum absolute atomic E-state index is 0.134. The summed E-state index contributed by atoms with van der Waals surface area (Å²) in [6.07, 6.45) is 3.04. The largest absolute Gasteiger partial charge is 0.459 e. The number of hydrogen-bond acceptors (Lipinski definition) is 7. The number of hydrogen-bond donors (Lipinski definition) is 1. The smallest absolute Gasteiger partial charge is 0.338 e. The molecule has 0 saturated carbocycles. The second kappa shape index (κ2) is 7.72. The molecule has 0 saturated heterocycles. The maximum Gasteiger partial charge on any atom is 0.338 e. The molecule has 0 unspecified atom stereocenters. The lowest BCUT2D eigenvalue weighted by Crippen LogP contribution is -2.15. The number of carbonyl (C=O) groups is 2. The van der Waals surface area contributed by atoms with Gasteiger partial charge in [0.2, 0.25) is 0 Å². The highest BCUT2D eigenvalue weighted by Crippen LogP contribution is 2.19. The van der Waals surface area contributed by atoms with E-state index in [2.05, 4.69) is 10.3 Å². The van der Waals surface area contributed by atoms with Crippen molar-refractivity contribution in [3.05, 3.63) is 87.2 Å². The number of carbonyl (C=O) groups excluding carboxylic acids is 2. The number of nitrogens with one attached hydrogen (secondary N) is 1. The monoisotopic (exact) mass is 409 g/mol. The quantitative estimate of drug-likeness (QED) is 0.508. The highest BCUT2D eigenvalue weighted by Gasteiger charge is 2.14. The van der Waals surface area contributed by atoms with Crippen LogP contribution in [0.25, 0.3) is 4.96 Å². The first-order chi connectivity index (χ1) is 14.0. The van der Waals surface area contributed by atoms with Crippen molar-refractivity contribution in [3.8, 4) is 0 Å². The third kappa shape index (κ3) is 3.94. The van der Waals surface area contributed by atoms with Crippen LogP contribution in [0.4, 0.5) is 5.69 Å².